The molecule has 0 bridgehead atoms. The lowest BCUT2D eigenvalue weighted by Gasteiger charge is -2.31. The van der Waals surface area contributed by atoms with Gasteiger partial charge in [0.25, 0.3) is 0 Å². The van der Waals surface area contributed by atoms with Crippen LogP contribution in [-0.2, 0) is 13.6 Å². The summed E-state index contributed by atoms with van der Waals surface area (Å²) in [4.78, 5) is 0. The van der Waals surface area contributed by atoms with Crippen LogP contribution in [-0.4, -0.2) is 10.6 Å². The molecule has 0 aliphatic heterocycles. The molecule has 1 heterocycles. The Morgan fingerprint density at radius 2 is 1.95 bits per heavy atom. The number of nitrogens with one attached hydrogen (secondary N) is 1. The van der Waals surface area contributed by atoms with Gasteiger partial charge in [0.1, 0.15) is 0 Å². The Balaban J connectivity index is 1.79. The Hall–Kier alpha value is -1.28. The summed E-state index contributed by atoms with van der Waals surface area (Å²) in [6.45, 7) is 5.60. The molecule has 114 valence electrons. The van der Waals surface area contributed by atoms with Gasteiger partial charge in [-0.25, -0.2) is 0 Å². The highest BCUT2D eigenvalue weighted by Gasteiger charge is 2.23. The average molecular weight is 284 g/mol. The van der Waals surface area contributed by atoms with E-state index in [9.17, 15) is 0 Å². The van der Waals surface area contributed by atoms with Crippen LogP contribution in [0.5, 0.6) is 0 Å². The summed E-state index contributed by atoms with van der Waals surface area (Å²) in [6, 6.07) is 9.44. The molecule has 0 spiro atoms. The average Bonchev–Trinajstić information content (AvgIpc) is 2.78. The van der Waals surface area contributed by atoms with Gasteiger partial charge in [0.05, 0.1) is 0 Å². The van der Waals surface area contributed by atoms with Crippen LogP contribution in [0.2, 0.25) is 0 Å². The van der Waals surface area contributed by atoms with Crippen molar-refractivity contribution in [3.63, 3.8) is 0 Å². The Kier molecular flexibility index (Phi) is 4.34. The molecule has 0 amide bonds. The minimum absolute atomic E-state index is 0.709. The SMILES string of the molecule is CCC1CCCCC1NCc1c(C)c2ccccc2n1C. The zero-order valence-corrected chi connectivity index (χ0v) is 13.7. The maximum atomic E-state index is 3.86. The Bertz CT molecular complexity index is 572. The third-order valence-electron chi connectivity index (χ3n) is 5.47. The van der Waals surface area contributed by atoms with Crippen molar-refractivity contribution in [2.75, 3.05) is 0 Å². The quantitative estimate of drug-likeness (QED) is 0.872. The molecule has 3 rings (SSSR count). The van der Waals surface area contributed by atoms with Crippen molar-refractivity contribution in [3.05, 3.63) is 35.5 Å². The lowest BCUT2D eigenvalue weighted by Crippen LogP contribution is -2.38. The standard InChI is InChI=1S/C19H28N2/c1-4-15-9-5-7-11-17(15)20-13-19-14(2)16-10-6-8-12-18(16)21(19)3/h6,8,10,12,15,17,20H,4-5,7,9,11,13H2,1-3H3. The number of rotatable bonds is 4. The zero-order chi connectivity index (χ0) is 14.8. The van der Waals surface area contributed by atoms with Crippen LogP contribution >= 0.6 is 0 Å². The van der Waals surface area contributed by atoms with Gasteiger partial charge < -0.3 is 9.88 Å². The van der Waals surface area contributed by atoms with E-state index in [-0.39, 0.29) is 0 Å². The number of aromatic nitrogens is 1. The van der Waals surface area contributed by atoms with Crippen molar-refractivity contribution in [2.45, 2.75) is 58.5 Å². The molecule has 1 fully saturated rings. The molecule has 2 aromatic rings. The summed E-state index contributed by atoms with van der Waals surface area (Å²) in [5.41, 5.74) is 4.23. The summed E-state index contributed by atoms with van der Waals surface area (Å²) in [6.07, 6.45) is 6.88. The van der Waals surface area contributed by atoms with Crippen LogP contribution in [0.15, 0.2) is 24.3 Å². The number of nitrogens with zero attached hydrogens (tertiary/aromatic N) is 1. The zero-order valence-electron chi connectivity index (χ0n) is 13.7. The van der Waals surface area contributed by atoms with E-state index in [0.29, 0.717) is 6.04 Å². The Labute approximate surface area is 128 Å². The van der Waals surface area contributed by atoms with Gasteiger partial charge in [-0.1, -0.05) is 44.4 Å². The molecule has 1 aromatic carbocycles. The van der Waals surface area contributed by atoms with Gasteiger partial charge in [-0.15, -0.1) is 0 Å². The van der Waals surface area contributed by atoms with Crippen molar-refractivity contribution < 1.29 is 0 Å². The second-order valence-electron chi connectivity index (χ2n) is 6.59. The minimum Gasteiger partial charge on any atom is -0.346 e. The maximum Gasteiger partial charge on any atom is 0.0483 e. The molecule has 2 heteroatoms. The number of hydrogen-bond donors (Lipinski definition) is 1. The highest BCUT2D eigenvalue weighted by Crippen LogP contribution is 2.28. The van der Waals surface area contributed by atoms with Crippen LogP contribution in [0.1, 0.15) is 50.3 Å². The molecule has 1 aliphatic rings. The van der Waals surface area contributed by atoms with Gasteiger partial charge in [0.15, 0.2) is 0 Å². The second kappa shape index (κ2) is 6.23. The molecule has 2 unspecified atom stereocenters. The Morgan fingerprint density at radius 1 is 1.19 bits per heavy atom. The third-order valence-corrected chi connectivity index (χ3v) is 5.47. The van der Waals surface area contributed by atoms with E-state index in [1.54, 1.807) is 0 Å². The molecular weight excluding hydrogens is 256 g/mol. The monoisotopic (exact) mass is 284 g/mol. The third kappa shape index (κ3) is 2.74. The molecule has 2 atom stereocenters. The van der Waals surface area contributed by atoms with Crippen LogP contribution in [0.3, 0.4) is 0 Å². The van der Waals surface area contributed by atoms with E-state index < -0.39 is 0 Å². The van der Waals surface area contributed by atoms with Crippen molar-refractivity contribution in [2.24, 2.45) is 13.0 Å². The summed E-state index contributed by atoms with van der Waals surface area (Å²) < 4.78 is 2.36. The van der Waals surface area contributed by atoms with Crippen molar-refractivity contribution in [1.82, 2.24) is 9.88 Å². The first-order valence-electron chi connectivity index (χ1n) is 8.48. The predicted molar refractivity (Wildman–Crippen MR) is 90.5 cm³/mol. The van der Waals surface area contributed by atoms with E-state index in [4.69, 9.17) is 0 Å². The maximum absolute atomic E-state index is 3.86. The number of hydrogen-bond acceptors (Lipinski definition) is 1. The molecule has 1 saturated carbocycles. The highest BCUT2D eigenvalue weighted by molar-refractivity contribution is 5.85. The molecule has 1 N–H and O–H groups in total. The predicted octanol–water partition coefficient (Wildman–Crippen LogP) is 4.55. The topological polar surface area (TPSA) is 17.0 Å². The molecular formula is C19H28N2. The van der Waals surface area contributed by atoms with Gasteiger partial charge in [0.2, 0.25) is 0 Å². The lowest BCUT2D eigenvalue weighted by molar-refractivity contribution is 0.253. The molecule has 2 nitrogen and oxygen atoms in total. The first-order valence-corrected chi connectivity index (χ1v) is 8.48. The van der Waals surface area contributed by atoms with Crippen LogP contribution < -0.4 is 5.32 Å². The fourth-order valence-electron chi connectivity index (χ4n) is 4.08. The van der Waals surface area contributed by atoms with Crippen molar-refractivity contribution in [1.29, 1.82) is 0 Å². The van der Waals surface area contributed by atoms with E-state index in [1.807, 2.05) is 0 Å². The smallest absolute Gasteiger partial charge is 0.0483 e. The van der Waals surface area contributed by atoms with Gasteiger partial charge in [-0.05, 0) is 37.3 Å². The molecule has 0 saturated heterocycles. The molecule has 1 aliphatic carbocycles. The number of benzene rings is 1. The Morgan fingerprint density at radius 3 is 2.71 bits per heavy atom. The van der Waals surface area contributed by atoms with Gasteiger partial charge in [0, 0.05) is 36.2 Å². The summed E-state index contributed by atoms with van der Waals surface area (Å²) in [5, 5.41) is 5.26. The fraction of sp³-hybridized carbons (Fsp3) is 0.579. The number of para-hydroxylation sites is 1. The van der Waals surface area contributed by atoms with Crippen molar-refractivity contribution >= 4 is 10.9 Å². The first kappa shape index (κ1) is 14.6. The molecule has 0 radical (unpaired) electrons. The largest absolute Gasteiger partial charge is 0.346 e. The van der Waals surface area contributed by atoms with Gasteiger partial charge in [-0.3, -0.25) is 0 Å². The van der Waals surface area contributed by atoms with Crippen LogP contribution in [0.25, 0.3) is 10.9 Å². The first-order chi connectivity index (χ1) is 10.2. The summed E-state index contributed by atoms with van der Waals surface area (Å²) >= 11 is 0. The normalized spacial score (nSPS) is 22.8. The van der Waals surface area contributed by atoms with Gasteiger partial charge in [-0.2, -0.15) is 0 Å². The van der Waals surface area contributed by atoms with E-state index in [2.05, 4.69) is 55.0 Å². The minimum atomic E-state index is 0.709. The lowest BCUT2D eigenvalue weighted by atomic mass is 9.83. The van der Waals surface area contributed by atoms with Gasteiger partial charge >= 0.3 is 0 Å². The highest BCUT2D eigenvalue weighted by atomic mass is 15.0. The summed E-state index contributed by atoms with van der Waals surface area (Å²) in [5.74, 6) is 0.869. The number of aryl methyl sites for hydroxylation is 2. The van der Waals surface area contributed by atoms with Crippen LogP contribution in [0, 0.1) is 12.8 Å². The summed E-state index contributed by atoms with van der Waals surface area (Å²) in [7, 11) is 2.20. The van der Waals surface area contributed by atoms with E-state index in [1.165, 1.54) is 54.3 Å². The van der Waals surface area contributed by atoms with E-state index >= 15 is 0 Å². The van der Waals surface area contributed by atoms with E-state index in [0.717, 1.165) is 12.5 Å². The van der Waals surface area contributed by atoms with Crippen molar-refractivity contribution in [3.8, 4) is 0 Å². The molecule has 1 aromatic heterocycles. The molecule has 21 heavy (non-hydrogen) atoms. The van der Waals surface area contributed by atoms with Crippen LogP contribution in [0.4, 0.5) is 0 Å². The fourth-order valence-corrected chi connectivity index (χ4v) is 4.08. The number of fused-ring (bicyclic) bond motifs is 1. The second-order valence-corrected chi connectivity index (χ2v) is 6.59.